The first-order valence-corrected chi connectivity index (χ1v) is 10.5. The molecule has 0 radical (unpaired) electrons. The van der Waals surface area contributed by atoms with Crippen LogP contribution in [-0.4, -0.2) is 21.2 Å². The van der Waals surface area contributed by atoms with E-state index in [1.807, 2.05) is 61.7 Å². The Kier molecular flexibility index (Phi) is 5.12. The van der Waals surface area contributed by atoms with Gasteiger partial charge in [-0.15, -0.1) is 11.8 Å². The minimum absolute atomic E-state index is 0.0500. The molecule has 0 spiro atoms. The monoisotopic (exact) mass is 399 g/mol. The summed E-state index contributed by atoms with van der Waals surface area (Å²) in [6, 6.07) is 18.3. The van der Waals surface area contributed by atoms with E-state index in [-0.39, 0.29) is 5.91 Å². The smallest absolute Gasteiger partial charge is 0.232 e. The van der Waals surface area contributed by atoms with E-state index in [0.29, 0.717) is 22.8 Å². The summed E-state index contributed by atoms with van der Waals surface area (Å²) in [5, 5.41) is 12.4. The number of aryl methyl sites for hydroxylation is 1. The van der Waals surface area contributed by atoms with Crippen LogP contribution in [0.2, 0.25) is 0 Å². The molecule has 0 fully saturated rings. The minimum atomic E-state index is 0.0500. The molecule has 0 amide bonds. The number of rotatable bonds is 4. The fraction of sp³-hybridized carbons (Fsp3) is 0.208. The molecule has 29 heavy (non-hydrogen) atoms. The second-order valence-corrected chi connectivity index (χ2v) is 8.18. The molecule has 2 aromatic carbocycles. The number of thioether (sulfide) groups is 1. The third-order valence-electron chi connectivity index (χ3n) is 5.46. The topological polar surface area (TPSA) is 58.7 Å². The molecule has 0 saturated heterocycles. The molecule has 0 aliphatic rings. The number of hydrogen-bond acceptors (Lipinski definition) is 4. The van der Waals surface area contributed by atoms with E-state index in [0.717, 1.165) is 38.6 Å². The van der Waals surface area contributed by atoms with Crippen molar-refractivity contribution in [3.05, 3.63) is 70.9 Å². The molecule has 0 bridgehead atoms. The fourth-order valence-electron chi connectivity index (χ4n) is 3.69. The zero-order valence-electron chi connectivity index (χ0n) is 16.7. The third-order valence-corrected chi connectivity index (χ3v) is 6.44. The van der Waals surface area contributed by atoms with Crippen LogP contribution in [0.1, 0.15) is 33.6 Å². The SMILES string of the molecule is Cc1nc(SCCC(=O)n2c3ccccc3c3ccccc32)c(C#N)c(C)c1C. The normalized spacial score (nSPS) is 11.1. The van der Waals surface area contributed by atoms with Crippen molar-refractivity contribution in [1.29, 1.82) is 5.26 Å². The van der Waals surface area contributed by atoms with Gasteiger partial charge in [0.25, 0.3) is 0 Å². The highest BCUT2D eigenvalue weighted by Gasteiger charge is 2.17. The lowest BCUT2D eigenvalue weighted by Crippen LogP contribution is -2.11. The maximum Gasteiger partial charge on any atom is 0.232 e. The zero-order chi connectivity index (χ0) is 20.5. The van der Waals surface area contributed by atoms with Gasteiger partial charge in [0, 0.05) is 28.6 Å². The standard InChI is InChI=1S/C24H21N3OS/c1-15-16(2)20(14-25)24(26-17(15)3)29-13-12-23(28)27-21-10-6-4-8-18(21)19-9-5-7-11-22(19)27/h4-11H,12-13H2,1-3H3. The Hall–Kier alpha value is -3.10. The van der Waals surface area contributed by atoms with Gasteiger partial charge < -0.3 is 0 Å². The van der Waals surface area contributed by atoms with E-state index in [9.17, 15) is 10.1 Å². The number of aromatic nitrogens is 2. The van der Waals surface area contributed by atoms with Gasteiger partial charge >= 0.3 is 0 Å². The molecule has 0 aliphatic heterocycles. The molecular weight excluding hydrogens is 378 g/mol. The van der Waals surface area contributed by atoms with Crippen molar-refractivity contribution in [2.45, 2.75) is 32.2 Å². The molecule has 2 heterocycles. The predicted molar refractivity (Wildman–Crippen MR) is 119 cm³/mol. The van der Waals surface area contributed by atoms with Crippen molar-refractivity contribution >= 4 is 39.5 Å². The van der Waals surface area contributed by atoms with Crippen LogP contribution in [0.15, 0.2) is 53.6 Å². The Morgan fingerprint density at radius 3 is 2.17 bits per heavy atom. The van der Waals surface area contributed by atoms with E-state index < -0.39 is 0 Å². The van der Waals surface area contributed by atoms with Gasteiger partial charge in [-0.3, -0.25) is 9.36 Å². The Morgan fingerprint density at radius 1 is 1.00 bits per heavy atom. The Labute approximate surface area is 174 Å². The number of nitriles is 1. The summed E-state index contributed by atoms with van der Waals surface area (Å²) in [4.78, 5) is 17.7. The quantitative estimate of drug-likeness (QED) is 0.406. The lowest BCUT2D eigenvalue weighted by atomic mass is 10.1. The molecule has 0 N–H and O–H groups in total. The van der Waals surface area contributed by atoms with Gasteiger partial charge in [0.05, 0.1) is 16.6 Å². The van der Waals surface area contributed by atoms with Gasteiger partial charge in [-0.2, -0.15) is 5.26 Å². The summed E-state index contributed by atoms with van der Waals surface area (Å²) in [7, 11) is 0. The second-order valence-electron chi connectivity index (χ2n) is 7.10. The van der Waals surface area contributed by atoms with E-state index >= 15 is 0 Å². The third kappa shape index (κ3) is 3.30. The van der Waals surface area contributed by atoms with Gasteiger partial charge in [-0.25, -0.2) is 4.98 Å². The first kappa shape index (κ1) is 19.2. The van der Waals surface area contributed by atoms with Crippen molar-refractivity contribution in [2.24, 2.45) is 0 Å². The number of nitrogens with zero attached hydrogens (tertiary/aromatic N) is 3. The summed E-state index contributed by atoms with van der Waals surface area (Å²) >= 11 is 1.48. The number of fused-ring (bicyclic) bond motifs is 3. The van der Waals surface area contributed by atoms with Gasteiger partial charge in [-0.05, 0) is 44.0 Å². The fourth-order valence-corrected chi connectivity index (χ4v) is 4.70. The number of benzene rings is 2. The lowest BCUT2D eigenvalue weighted by Gasteiger charge is -2.11. The van der Waals surface area contributed by atoms with Crippen LogP contribution in [0.3, 0.4) is 0 Å². The van der Waals surface area contributed by atoms with Crippen LogP contribution < -0.4 is 0 Å². The number of carbonyl (C=O) groups excluding carboxylic acids is 1. The summed E-state index contributed by atoms with van der Waals surface area (Å²) in [6.07, 6.45) is 0.367. The van der Waals surface area contributed by atoms with Crippen LogP contribution >= 0.6 is 11.8 Å². The number of hydrogen-bond donors (Lipinski definition) is 0. The molecule has 0 aliphatic carbocycles. The average molecular weight is 400 g/mol. The summed E-state index contributed by atoms with van der Waals surface area (Å²) in [5.41, 5.74) is 5.42. The highest BCUT2D eigenvalue weighted by Crippen LogP contribution is 2.30. The maximum absolute atomic E-state index is 13.1. The molecule has 0 unspecified atom stereocenters. The van der Waals surface area contributed by atoms with Crippen LogP contribution in [-0.2, 0) is 0 Å². The van der Waals surface area contributed by atoms with E-state index in [4.69, 9.17) is 0 Å². The molecule has 2 aromatic heterocycles. The van der Waals surface area contributed by atoms with Crippen molar-refractivity contribution in [3.63, 3.8) is 0 Å². The van der Waals surface area contributed by atoms with Crippen LogP contribution in [0, 0.1) is 32.1 Å². The van der Waals surface area contributed by atoms with Gasteiger partial charge in [0.1, 0.15) is 11.1 Å². The first-order valence-electron chi connectivity index (χ1n) is 9.55. The molecule has 4 nitrogen and oxygen atoms in total. The molecule has 4 rings (SSSR count). The molecular formula is C24H21N3OS. The van der Waals surface area contributed by atoms with Gasteiger partial charge in [0.2, 0.25) is 5.91 Å². The van der Waals surface area contributed by atoms with Crippen LogP contribution in [0.5, 0.6) is 0 Å². The summed E-state index contributed by atoms with van der Waals surface area (Å²) in [6.45, 7) is 5.89. The lowest BCUT2D eigenvalue weighted by molar-refractivity contribution is 0.0920. The van der Waals surface area contributed by atoms with E-state index in [1.165, 1.54) is 11.8 Å². The molecule has 0 atom stereocenters. The zero-order valence-corrected chi connectivity index (χ0v) is 17.5. The van der Waals surface area contributed by atoms with E-state index in [1.54, 1.807) is 0 Å². The van der Waals surface area contributed by atoms with Gasteiger partial charge in [-0.1, -0.05) is 36.4 Å². The Morgan fingerprint density at radius 2 is 1.59 bits per heavy atom. The molecule has 5 heteroatoms. The summed E-state index contributed by atoms with van der Waals surface area (Å²) < 4.78 is 1.81. The van der Waals surface area contributed by atoms with E-state index in [2.05, 4.69) is 23.2 Å². The Bertz CT molecular complexity index is 1240. The predicted octanol–water partition coefficient (Wildman–Crippen LogP) is 5.81. The van der Waals surface area contributed by atoms with Crippen molar-refractivity contribution in [3.8, 4) is 6.07 Å². The van der Waals surface area contributed by atoms with Crippen molar-refractivity contribution in [1.82, 2.24) is 9.55 Å². The summed E-state index contributed by atoms with van der Waals surface area (Å²) in [5.74, 6) is 0.623. The second kappa shape index (κ2) is 7.73. The van der Waals surface area contributed by atoms with Crippen LogP contribution in [0.25, 0.3) is 21.8 Å². The molecule has 144 valence electrons. The number of para-hydroxylation sites is 2. The minimum Gasteiger partial charge on any atom is -0.280 e. The number of carbonyl (C=O) groups is 1. The number of pyridine rings is 1. The average Bonchev–Trinajstić information content (AvgIpc) is 3.07. The molecule has 4 aromatic rings. The van der Waals surface area contributed by atoms with Crippen molar-refractivity contribution in [2.75, 3.05) is 5.75 Å². The maximum atomic E-state index is 13.1. The highest BCUT2D eigenvalue weighted by atomic mass is 32.2. The van der Waals surface area contributed by atoms with Crippen molar-refractivity contribution < 1.29 is 4.79 Å². The largest absolute Gasteiger partial charge is 0.280 e. The Balaban J connectivity index is 1.61. The van der Waals surface area contributed by atoms with Gasteiger partial charge in [0.15, 0.2) is 0 Å². The highest BCUT2D eigenvalue weighted by molar-refractivity contribution is 7.99. The first-order chi connectivity index (χ1) is 14.0. The molecule has 0 saturated carbocycles. The van der Waals surface area contributed by atoms with Crippen LogP contribution in [0.4, 0.5) is 0 Å².